The number of pyridine rings is 1. The summed E-state index contributed by atoms with van der Waals surface area (Å²) < 4.78 is 35.6. The molecular formula is C38H43N7O5S. The first kappa shape index (κ1) is 34.4. The molecule has 3 aromatic heterocycles. The first-order valence-electron chi connectivity index (χ1n) is 17.3. The molecule has 0 radical (unpaired) electrons. The summed E-state index contributed by atoms with van der Waals surface area (Å²) in [4.78, 5) is 41.2. The summed E-state index contributed by atoms with van der Waals surface area (Å²) in [6, 6.07) is 16.5. The second kappa shape index (κ2) is 14.0. The van der Waals surface area contributed by atoms with Gasteiger partial charge >= 0.3 is 0 Å². The van der Waals surface area contributed by atoms with E-state index in [1.54, 1.807) is 60.9 Å². The van der Waals surface area contributed by atoms with Crippen molar-refractivity contribution in [2.75, 3.05) is 51.3 Å². The van der Waals surface area contributed by atoms with Gasteiger partial charge in [-0.05, 0) is 68.5 Å². The zero-order valence-corrected chi connectivity index (χ0v) is 30.2. The third-order valence-corrected chi connectivity index (χ3v) is 12.0. The summed E-state index contributed by atoms with van der Waals surface area (Å²) in [7, 11) is -0.527. The first-order chi connectivity index (χ1) is 24.5. The molecule has 2 aliphatic rings. The zero-order chi connectivity index (χ0) is 35.9. The summed E-state index contributed by atoms with van der Waals surface area (Å²) >= 11 is 0. The highest BCUT2D eigenvalue weighted by Crippen LogP contribution is 2.32. The standard InChI is InChI=1S/C38H43N7O5S/c1-26-5-11-32(12-6-26)51(48,49)45-18-15-33-34(25-42(4)37(47)35(33)45)30-23-39-38(40-24-30)44-16-13-29(14-17-44)28-7-9-31(10-8-28)50-22-21-43-20-19-41(3)36(46)27(43)2/h5-12,15,18,23-25,27,29H,13-14,16-17,19-22H2,1-4H3/t27-/m1/s1. The van der Waals surface area contributed by atoms with E-state index in [0.717, 1.165) is 54.3 Å². The van der Waals surface area contributed by atoms with E-state index in [-0.39, 0.29) is 22.4 Å². The van der Waals surface area contributed by atoms with Gasteiger partial charge in [0.15, 0.2) is 0 Å². The number of nitrogens with zero attached hydrogens (tertiary/aromatic N) is 7. The molecule has 0 aliphatic carbocycles. The molecule has 13 heteroatoms. The Balaban J connectivity index is 0.987. The van der Waals surface area contributed by atoms with E-state index in [1.165, 1.54) is 16.3 Å². The van der Waals surface area contributed by atoms with Gasteiger partial charge in [0.25, 0.3) is 15.6 Å². The monoisotopic (exact) mass is 709 g/mol. The predicted molar refractivity (Wildman–Crippen MR) is 197 cm³/mol. The Morgan fingerprint density at radius 3 is 2.25 bits per heavy atom. The van der Waals surface area contributed by atoms with Crippen molar-refractivity contribution in [2.24, 2.45) is 7.05 Å². The average molecular weight is 710 g/mol. The maximum atomic E-state index is 13.6. The summed E-state index contributed by atoms with van der Waals surface area (Å²) in [5.74, 6) is 2.05. The number of carbonyl (C=O) groups is 1. The number of piperidine rings is 1. The Bertz CT molecular complexity index is 2210. The van der Waals surface area contributed by atoms with E-state index in [9.17, 15) is 18.0 Å². The fraction of sp³-hybridized carbons (Fsp3) is 0.368. The molecule has 2 fully saturated rings. The Labute approximate surface area is 298 Å². The lowest BCUT2D eigenvalue weighted by atomic mass is 9.89. The number of likely N-dealkylation sites (N-methyl/N-ethyl adjacent to an activating group) is 1. The molecule has 2 aliphatic heterocycles. The van der Waals surface area contributed by atoms with Crippen molar-refractivity contribution in [3.05, 3.63) is 101 Å². The second-order valence-corrected chi connectivity index (χ2v) is 15.4. The van der Waals surface area contributed by atoms with E-state index < -0.39 is 15.6 Å². The molecule has 2 aromatic carbocycles. The number of aryl methyl sites for hydroxylation is 2. The van der Waals surface area contributed by atoms with E-state index in [4.69, 9.17) is 14.7 Å². The molecule has 7 rings (SSSR count). The highest BCUT2D eigenvalue weighted by molar-refractivity contribution is 7.90. The maximum Gasteiger partial charge on any atom is 0.275 e. The number of carbonyl (C=O) groups excluding carboxylic acids is 1. The van der Waals surface area contributed by atoms with Crippen LogP contribution in [0.4, 0.5) is 5.95 Å². The lowest BCUT2D eigenvalue weighted by Gasteiger charge is -2.37. The number of piperazine rings is 1. The number of ether oxygens (including phenoxy) is 1. The van der Waals surface area contributed by atoms with Crippen molar-refractivity contribution in [2.45, 2.75) is 43.5 Å². The van der Waals surface area contributed by atoms with Crippen molar-refractivity contribution >= 4 is 32.8 Å². The molecule has 5 aromatic rings. The molecule has 0 spiro atoms. The number of fused-ring (bicyclic) bond motifs is 1. The molecular weight excluding hydrogens is 667 g/mol. The number of aromatic nitrogens is 4. The van der Waals surface area contributed by atoms with Crippen LogP contribution in [0.15, 0.2) is 89.1 Å². The van der Waals surface area contributed by atoms with Crippen LogP contribution in [-0.2, 0) is 21.9 Å². The van der Waals surface area contributed by atoms with Crippen LogP contribution in [0.1, 0.15) is 36.8 Å². The second-order valence-electron chi connectivity index (χ2n) is 13.6. The highest BCUT2D eigenvalue weighted by Gasteiger charge is 2.29. The normalized spacial score (nSPS) is 17.7. The van der Waals surface area contributed by atoms with Crippen LogP contribution in [0, 0.1) is 6.92 Å². The number of amides is 1. The Morgan fingerprint density at radius 1 is 0.882 bits per heavy atom. The van der Waals surface area contributed by atoms with Crippen LogP contribution in [0.25, 0.3) is 22.0 Å². The Morgan fingerprint density at radius 2 is 1.57 bits per heavy atom. The summed E-state index contributed by atoms with van der Waals surface area (Å²) in [5.41, 5.74) is 3.26. The van der Waals surface area contributed by atoms with E-state index in [2.05, 4.69) is 21.9 Å². The van der Waals surface area contributed by atoms with Gasteiger partial charge in [0.1, 0.15) is 17.9 Å². The number of rotatable bonds is 9. The third kappa shape index (κ3) is 6.75. The van der Waals surface area contributed by atoms with E-state index in [0.29, 0.717) is 41.5 Å². The molecule has 0 saturated carbocycles. The first-order valence-corrected chi connectivity index (χ1v) is 18.8. The third-order valence-electron chi connectivity index (χ3n) is 10.3. The minimum absolute atomic E-state index is 0.0827. The quantitative estimate of drug-likeness (QED) is 0.221. The predicted octanol–water partition coefficient (Wildman–Crippen LogP) is 4.27. The molecule has 266 valence electrons. The fourth-order valence-electron chi connectivity index (χ4n) is 7.10. The Kier molecular flexibility index (Phi) is 9.42. The minimum atomic E-state index is -3.99. The van der Waals surface area contributed by atoms with Crippen molar-refractivity contribution in [3.63, 3.8) is 0 Å². The van der Waals surface area contributed by atoms with Crippen molar-refractivity contribution < 1.29 is 17.9 Å². The minimum Gasteiger partial charge on any atom is -0.492 e. The Hall–Kier alpha value is -5.01. The van der Waals surface area contributed by atoms with Crippen molar-refractivity contribution in [3.8, 4) is 16.9 Å². The average Bonchev–Trinajstić information content (AvgIpc) is 3.61. The molecule has 51 heavy (non-hydrogen) atoms. The number of hydrogen-bond donors (Lipinski definition) is 0. The largest absolute Gasteiger partial charge is 0.492 e. The van der Waals surface area contributed by atoms with Gasteiger partial charge in [0.05, 0.1) is 10.9 Å². The smallest absolute Gasteiger partial charge is 0.275 e. The number of hydrogen-bond acceptors (Lipinski definition) is 9. The lowest BCUT2D eigenvalue weighted by Crippen LogP contribution is -2.55. The fourth-order valence-corrected chi connectivity index (χ4v) is 8.45. The zero-order valence-electron chi connectivity index (χ0n) is 29.4. The van der Waals surface area contributed by atoms with Crippen LogP contribution in [0.3, 0.4) is 0 Å². The van der Waals surface area contributed by atoms with Crippen LogP contribution in [-0.4, -0.2) is 95.1 Å². The molecule has 1 atom stereocenters. The van der Waals surface area contributed by atoms with Gasteiger partial charge in [-0.1, -0.05) is 29.8 Å². The van der Waals surface area contributed by atoms with Crippen LogP contribution in [0.5, 0.6) is 5.75 Å². The van der Waals surface area contributed by atoms with Gasteiger partial charge < -0.3 is 19.1 Å². The van der Waals surface area contributed by atoms with Crippen LogP contribution in [0.2, 0.25) is 0 Å². The van der Waals surface area contributed by atoms with Crippen molar-refractivity contribution in [1.29, 1.82) is 0 Å². The SMILES string of the molecule is Cc1ccc(S(=O)(=O)n2ccc3c(-c4cnc(N5CCC(c6ccc(OCCN7CCN(C)C(=O)[C@H]7C)cc6)CC5)nc4)cn(C)c(=O)c32)cc1. The molecule has 2 saturated heterocycles. The molecule has 0 N–H and O–H groups in total. The van der Waals surface area contributed by atoms with Gasteiger partial charge in [-0.3, -0.25) is 14.5 Å². The van der Waals surface area contributed by atoms with Gasteiger partial charge in [0, 0.05) is 88.1 Å². The summed E-state index contributed by atoms with van der Waals surface area (Å²) in [5, 5.41) is 0.517. The molecule has 12 nitrogen and oxygen atoms in total. The maximum absolute atomic E-state index is 13.6. The van der Waals surface area contributed by atoms with E-state index >= 15 is 0 Å². The summed E-state index contributed by atoms with van der Waals surface area (Å²) in [6.45, 7) is 8.32. The number of anilines is 1. The molecule has 0 unspecified atom stereocenters. The molecule has 0 bridgehead atoms. The van der Waals surface area contributed by atoms with E-state index in [1.807, 2.05) is 33.0 Å². The molecule has 1 amide bonds. The highest BCUT2D eigenvalue weighted by atomic mass is 32.2. The number of benzene rings is 2. The van der Waals surface area contributed by atoms with Crippen LogP contribution >= 0.6 is 0 Å². The van der Waals surface area contributed by atoms with Gasteiger partial charge in [-0.25, -0.2) is 22.4 Å². The molecule has 5 heterocycles. The lowest BCUT2D eigenvalue weighted by molar-refractivity contribution is -0.139. The summed E-state index contributed by atoms with van der Waals surface area (Å²) in [6.07, 6.45) is 8.53. The van der Waals surface area contributed by atoms with Crippen LogP contribution < -0.4 is 15.2 Å². The topological polar surface area (TPSA) is 123 Å². The van der Waals surface area contributed by atoms with Gasteiger partial charge in [-0.2, -0.15) is 0 Å². The van der Waals surface area contributed by atoms with Gasteiger partial charge in [0.2, 0.25) is 11.9 Å². The van der Waals surface area contributed by atoms with Crippen molar-refractivity contribution in [1.82, 2.24) is 28.3 Å². The van der Waals surface area contributed by atoms with Gasteiger partial charge in [-0.15, -0.1) is 0 Å².